The number of para-hydroxylation sites is 2. The second-order valence-corrected chi connectivity index (χ2v) is 10.3. The number of nitrogens with zero attached hydrogens (tertiary/aromatic N) is 1. The molecular formula is C28H35ClN4O6. The Bertz CT molecular complexity index is 1210. The first-order chi connectivity index (χ1) is 18.2. The van der Waals surface area contributed by atoms with Crippen LogP contribution in [0.25, 0.3) is 0 Å². The number of aromatic hydroxyl groups is 1. The van der Waals surface area contributed by atoms with Gasteiger partial charge in [0.2, 0.25) is 11.8 Å². The molecule has 2 atom stereocenters. The molecule has 2 aromatic carbocycles. The van der Waals surface area contributed by atoms with E-state index in [4.69, 9.17) is 22.1 Å². The Morgan fingerprint density at radius 2 is 1.82 bits per heavy atom. The Balaban J connectivity index is 2.56. The third kappa shape index (κ3) is 9.03. The summed E-state index contributed by atoms with van der Waals surface area (Å²) >= 11 is 6.32. The minimum absolute atomic E-state index is 0.126. The van der Waals surface area contributed by atoms with Gasteiger partial charge in [-0.3, -0.25) is 14.4 Å². The Morgan fingerprint density at radius 3 is 2.38 bits per heavy atom. The molecule has 11 heteroatoms. The summed E-state index contributed by atoms with van der Waals surface area (Å²) in [6, 6.07) is 8.51. The number of anilines is 1. The van der Waals surface area contributed by atoms with Gasteiger partial charge < -0.3 is 31.1 Å². The number of aryl methyl sites for hydroxylation is 1. The lowest BCUT2D eigenvalue weighted by atomic mass is 10.00. The van der Waals surface area contributed by atoms with Crippen LogP contribution in [0.3, 0.4) is 0 Å². The first-order valence-corrected chi connectivity index (χ1v) is 12.7. The third-order valence-electron chi connectivity index (χ3n) is 5.54. The van der Waals surface area contributed by atoms with Gasteiger partial charge in [-0.15, -0.1) is 6.58 Å². The summed E-state index contributed by atoms with van der Waals surface area (Å²) in [6.07, 6.45) is 0.136. The van der Waals surface area contributed by atoms with Gasteiger partial charge in [0.25, 0.3) is 5.91 Å². The average Bonchev–Trinajstić information content (AvgIpc) is 2.83. The number of hydrogen-bond acceptors (Lipinski definition) is 6. The van der Waals surface area contributed by atoms with Crippen molar-refractivity contribution >= 4 is 41.1 Å². The fraction of sp³-hybridized carbons (Fsp3) is 0.357. The van der Waals surface area contributed by atoms with Crippen LogP contribution in [-0.2, 0) is 19.1 Å². The summed E-state index contributed by atoms with van der Waals surface area (Å²) < 4.78 is 5.29. The van der Waals surface area contributed by atoms with E-state index in [1.54, 1.807) is 58.0 Å². The zero-order valence-electron chi connectivity index (χ0n) is 22.5. The number of carbonyl (C=O) groups excluding carboxylic acids is 4. The van der Waals surface area contributed by atoms with Crippen LogP contribution in [0.2, 0.25) is 5.02 Å². The van der Waals surface area contributed by atoms with Gasteiger partial charge >= 0.3 is 6.09 Å². The molecule has 39 heavy (non-hydrogen) atoms. The van der Waals surface area contributed by atoms with Gasteiger partial charge in [-0.1, -0.05) is 48.0 Å². The van der Waals surface area contributed by atoms with Gasteiger partial charge in [-0.05, 0) is 51.8 Å². The summed E-state index contributed by atoms with van der Waals surface area (Å²) in [4.78, 5) is 53.0. The van der Waals surface area contributed by atoms with Crippen molar-refractivity contribution in [2.24, 2.45) is 5.73 Å². The number of phenolic OH excluding ortho intramolecular Hbond substituents is 1. The number of hydrogen-bond donors (Lipinski definition) is 4. The highest BCUT2D eigenvalue weighted by Gasteiger charge is 2.37. The quantitative estimate of drug-likeness (QED) is 0.303. The largest absolute Gasteiger partial charge is 0.508 e. The van der Waals surface area contributed by atoms with Crippen molar-refractivity contribution in [2.45, 2.75) is 58.2 Å². The van der Waals surface area contributed by atoms with Gasteiger partial charge in [0, 0.05) is 18.5 Å². The monoisotopic (exact) mass is 558 g/mol. The molecule has 2 unspecified atom stereocenters. The highest BCUT2D eigenvalue weighted by Crippen LogP contribution is 2.33. The second kappa shape index (κ2) is 13.7. The minimum atomic E-state index is -1.37. The maximum atomic E-state index is 13.9. The van der Waals surface area contributed by atoms with Crippen LogP contribution < -0.4 is 16.4 Å². The van der Waals surface area contributed by atoms with E-state index in [-0.39, 0.29) is 35.7 Å². The molecule has 0 saturated carbocycles. The Labute approximate surface area is 233 Å². The highest BCUT2D eigenvalue weighted by molar-refractivity contribution is 6.34. The molecule has 10 nitrogen and oxygen atoms in total. The fourth-order valence-electron chi connectivity index (χ4n) is 3.81. The summed E-state index contributed by atoms with van der Waals surface area (Å²) in [5.74, 6) is -2.31. The molecule has 0 aromatic heterocycles. The van der Waals surface area contributed by atoms with Crippen LogP contribution in [-0.4, -0.2) is 52.0 Å². The van der Waals surface area contributed by atoms with Crippen LogP contribution in [0.5, 0.6) is 5.75 Å². The standard InChI is InChI=1S/C28H35ClN4O6/c1-6-16-33(26(37)20(14-15-22(30)35)31-27(38)39-28(3,4)5)24(18-11-7-8-13-21(18)34)25(36)32-23-17(2)10-9-12-19(23)29/h6-13,20,24,34H,1,14-16H2,2-5H3,(H2,30,35)(H,31,38)(H,32,36). The number of amides is 4. The molecule has 0 bridgehead atoms. The Morgan fingerprint density at radius 1 is 1.15 bits per heavy atom. The number of nitrogens with one attached hydrogen (secondary N) is 2. The fourth-order valence-corrected chi connectivity index (χ4v) is 4.08. The van der Waals surface area contributed by atoms with E-state index in [0.29, 0.717) is 11.3 Å². The molecule has 2 rings (SSSR count). The number of primary amides is 1. The second-order valence-electron chi connectivity index (χ2n) is 9.87. The number of alkyl carbamates (subject to hydrolysis) is 1. The van der Waals surface area contributed by atoms with Crippen molar-refractivity contribution < 1.29 is 29.0 Å². The zero-order valence-corrected chi connectivity index (χ0v) is 23.2. The molecular weight excluding hydrogens is 524 g/mol. The first kappa shape index (κ1) is 31.2. The number of ether oxygens (including phenoxy) is 1. The predicted molar refractivity (Wildman–Crippen MR) is 149 cm³/mol. The van der Waals surface area contributed by atoms with E-state index in [0.717, 1.165) is 4.90 Å². The SMILES string of the molecule is C=CCN(C(=O)C(CCC(N)=O)NC(=O)OC(C)(C)C)C(C(=O)Nc1c(C)cccc1Cl)c1ccccc1O. The Hall–Kier alpha value is -4.05. The molecule has 0 aliphatic heterocycles. The van der Waals surface area contributed by atoms with Gasteiger partial charge in [0.1, 0.15) is 23.4 Å². The topological polar surface area (TPSA) is 151 Å². The molecule has 0 spiro atoms. The van der Waals surface area contributed by atoms with Gasteiger partial charge in [-0.2, -0.15) is 0 Å². The number of nitrogens with two attached hydrogens (primary N) is 1. The van der Waals surface area contributed by atoms with Crippen LogP contribution in [0, 0.1) is 6.92 Å². The maximum absolute atomic E-state index is 13.9. The van der Waals surface area contributed by atoms with Crippen molar-refractivity contribution in [1.82, 2.24) is 10.2 Å². The third-order valence-corrected chi connectivity index (χ3v) is 5.85. The molecule has 0 aliphatic rings. The first-order valence-electron chi connectivity index (χ1n) is 12.3. The van der Waals surface area contributed by atoms with E-state index in [1.807, 2.05) is 0 Å². The lowest BCUT2D eigenvalue weighted by Crippen LogP contribution is -2.52. The van der Waals surface area contributed by atoms with Gasteiger partial charge in [0.05, 0.1) is 10.7 Å². The lowest BCUT2D eigenvalue weighted by molar-refractivity contribution is -0.140. The van der Waals surface area contributed by atoms with Gasteiger partial charge in [-0.25, -0.2) is 4.79 Å². The molecule has 0 saturated heterocycles. The molecule has 2 aromatic rings. The van der Waals surface area contributed by atoms with Crippen LogP contribution in [0.4, 0.5) is 10.5 Å². The average molecular weight is 559 g/mol. The maximum Gasteiger partial charge on any atom is 0.408 e. The zero-order chi connectivity index (χ0) is 29.3. The minimum Gasteiger partial charge on any atom is -0.508 e. The smallest absolute Gasteiger partial charge is 0.408 e. The molecule has 0 heterocycles. The number of benzene rings is 2. The number of halogens is 1. The van der Waals surface area contributed by atoms with Crippen molar-refractivity contribution in [3.8, 4) is 5.75 Å². The van der Waals surface area contributed by atoms with E-state index in [1.165, 1.54) is 18.2 Å². The van der Waals surface area contributed by atoms with Crippen molar-refractivity contribution in [3.63, 3.8) is 0 Å². The number of rotatable bonds is 11. The van der Waals surface area contributed by atoms with E-state index in [9.17, 15) is 24.3 Å². The summed E-state index contributed by atoms with van der Waals surface area (Å²) in [7, 11) is 0. The van der Waals surface area contributed by atoms with Crippen molar-refractivity contribution in [1.29, 1.82) is 0 Å². The summed E-state index contributed by atoms with van der Waals surface area (Å²) in [6.45, 7) is 10.3. The normalized spacial score (nSPS) is 12.5. The molecule has 0 aliphatic carbocycles. The van der Waals surface area contributed by atoms with Crippen LogP contribution in [0.1, 0.15) is 50.8 Å². The summed E-state index contributed by atoms with van der Waals surface area (Å²) in [5, 5.41) is 16.2. The lowest BCUT2D eigenvalue weighted by Gasteiger charge is -2.34. The van der Waals surface area contributed by atoms with Crippen molar-refractivity contribution in [3.05, 3.63) is 71.3 Å². The van der Waals surface area contributed by atoms with Crippen LogP contribution >= 0.6 is 11.6 Å². The molecule has 210 valence electrons. The van der Waals surface area contributed by atoms with E-state index in [2.05, 4.69) is 17.2 Å². The highest BCUT2D eigenvalue weighted by atomic mass is 35.5. The molecule has 4 amide bonds. The van der Waals surface area contributed by atoms with E-state index >= 15 is 0 Å². The van der Waals surface area contributed by atoms with Crippen LogP contribution in [0.15, 0.2) is 55.1 Å². The van der Waals surface area contributed by atoms with Gasteiger partial charge in [0.15, 0.2) is 0 Å². The Kier molecular flexibility index (Phi) is 10.9. The number of carbonyl (C=O) groups is 4. The predicted octanol–water partition coefficient (Wildman–Crippen LogP) is 4.21. The summed E-state index contributed by atoms with van der Waals surface area (Å²) in [5.41, 5.74) is 5.60. The van der Waals surface area contributed by atoms with Crippen molar-refractivity contribution in [2.75, 3.05) is 11.9 Å². The number of phenols is 1. The molecule has 0 radical (unpaired) electrons. The van der Waals surface area contributed by atoms with E-state index < -0.39 is 41.5 Å². The molecule has 5 N–H and O–H groups in total. The molecule has 0 fully saturated rings.